The molecular formula is C15H21N3O3SY-2. The van der Waals surface area contributed by atoms with Crippen LogP contribution in [0, 0.1) is 5.41 Å². The molecule has 1 aliphatic rings. The molecule has 1 saturated carbocycles. The monoisotopic (exact) mass is 412 g/mol. The van der Waals surface area contributed by atoms with Crippen molar-refractivity contribution in [3.8, 4) is 6.01 Å². The Hall–Kier alpha value is -0.336. The van der Waals surface area contributed by atoms with Crippen LogP contribution in [0.25, 0.3) is 10.2 Å². The fourth-order valence-electron chi connectivity index (χ4n) is 2.56. The van der Waals surface area contributed by atoms with Crippen LogP contribution in [-0.4, -0.2) is 46.5 Å². The fraction of sp³-hybridized carbons (Fsp3) is 0.600. The van der Waals surface area contributed by atoms with Gasteiger partial charge in [-0.15, -0.1) is 7.05 Å². The van der Waals surface area contributed by atoms with Gasteiger partial charge < -0.3 is 32.9 Å². The van der Waals surface area contributed by atoms with E-state index in [0.717, 1.165) is 25.7 Å². The summed E-state index contributed by atoms with van der Waals surface area (Å²) in [6.45, 7) is 0.0135. The van der Waals surface area contributed by atoms with Crippen LogP contribution in [0.1, 0.15) is 31.4 Å². The molecule has 8 heteroatoms. The number of hydrogen-bond donors (Lipinski definition) is 2. The number of aromatic nitrogens is 2. The Morgan fingerprint density at radius 3 is 2.65 bits per heavy atom. The molecule has 0 saturated heterocycles. The van der Waals surface area contributed by atoms with Gasteiger partial charge in [0.05, 0.1) is 13.2 Å². The van der Waals surface area contributed by atoms with Crippen molar-refractivity contribution in [2.24, 2.45) is 5.41 Å². The molecule has 1 aromatic heterocycles. The average molecular weight is 412 g/mol. The maximum Gasteiger partial charge on any atom is 0.317 e. The molecule has 0 amide bonds. The van der Waals surface area contributed by atoms with Crippen molar-refractivity contribution in [2.45, 2.75) is 31.8 Å². The number of ether oxygens (including phenoxy) is 1. The number of aliphatic hydroxyl groups excluding tert-OH is 2. The molecule has 1 heterocycles. The second-order valence-corrected chi connectivity index (χ2v) is 6.05. The molecule has 1 aliphatic carbocycles. The van der Waals surface area contributed by atoms with E-state index in [0.29, 0.717) is 16.6 Å². The normalized spacial score (nSPS) is 18.1. The number of hydrogen-bond acceptors (Lipinski definition) is 6. The molecule has 6 nitrogen and oxygen atoms in total. The van der Waals surface area contributed by atoms with Gasteiger partial charge in [-0.25, -0.2) is 4.98 Å². The first-order chi connectivity index (χ1) is 10.6. The van der Waals surface area contributed by atoms with Gasteiger partial charge in [0.15, 0.2) is 0 Å². The van der Waals surface area contributed by atoms with E-state index in [1.807, 2.05) is 0 Å². The zero-order valence-electron chi connectivity index (χ0n) is 13.2. The maximum absolute atomic E-state index is 9.41. The minimum Gasteiger partial charge on any atom is -0.779 e. The molecule has 0 aromatic carbocycles. The summed E-state index contributed by atoms with van der Waals surface area (Å²) >= 11 is 5.19. The molecule has 0 bridgehead atoms. The summed E-state index contributed by atoms with van der Waals surface area (Å²) in [7, 11) is 1.65. The zero-order chi connectivity index (χ0) is 16.0. The van der Waals surface area contributed by atoms with Gasteiger partial charge in [-0.3, -0.25) is 0 Å². The summed E-state index contributed by atoms with van der Waals surface area (Å²) < 4.78 is 5.82. The van der Waals surface area contributed by atoms with Gasteiger partial charge in [-0.1, -0.05) is 0 Å². The van der Waals surface area contributed by atoms with Crippen molar-refractivity contribution < 1.29 is 47.7 Å². The minimum atomic E-state index is -0.373. The van der Waals surface area contributed by atoms with Gasteiger partial charge in [0.1, 0.15) is 6.10 Å². The Labute approximate surface area is 167 Å². The van der Waals surface area contributed by atoms with Gasteiger partial charge >= 0.3 is 6.01 Å². The molecule has 23 heavy (non-hydrogen) atoms. The quantitative estimate of drug-likeness (QED) is 0.691. The first-order valence-electron chi connectivity index (χ1n) is 7.30. The summed E-state index contributed by atoms with van der Waals surface area (Å²) in [4.78, 5) is 8.95. The van der Waals surface area contributed by atoms with Crippen LogP contribution in [0.5, 0.6) is 6.01 Å². The molecule has 2 N–H and O–H groups in total. The van der Waals surface area contributed by atoms with Crippen molar-refractivity contribution in [3.05, 3.63) is 29.5 Å². The molecule has 125 valence electrons. The van der Waals surface area contributed by atoms with Crippen molar-refractivity contribution >= 4 is 17.5 Å². The average Bonchev–Trinajstić information content (AvgIpc) is 2.56. The van der Waals surface area contributed by atoms with E-state index in [1.165, 1.54) is 0 Å². The molecule has 1 fully saturated rings. The van der Waals surface area contributed by atoms with Gasteiger partial charge in [0, 0.05) is 50.0 Å². The molecular weight excluding hydrogens is 391 g/mol. The Bertz CT molecular complexity index is 516. The van der Waals surface area contributed by atoms with Gasteiger partial charge in [-0.05, 0) is 31.7 Å². The molecule has 0 unspecified atom stereocenters. The van der Waals surface area contributed by atoms with Crippen LogP contribution in [0.3, 0.4) is 0 Å². The number of nitrogens with zero attached hydrogens (tertiary/aromatic N) is 3. The largest absolute Gasteiger partial charge is 0.779 e. The SMILES string of the molecule is C[N-]/C=C(\[S-])c1ccnc(OC2CCC(CO)(CO)CC2)n1.[Y]. The van der Waals surface area contributed by atoms with Crippen molar-refractivity contribution in [1.29, 1.82) is 0 Å². The molecule has 1 radical (unpaired) electrons. The predicted molar refractivity (Wildman–Crippen MR) is 86.1 cm³/mol. The third-order valence-electron chi connectivity index (χ3n) is 4.07. The van der Waals surface area contributed by atoms with Crippen LogP contribution >= 0.6 is 0 Å². The van der Waals surface area contributed by atoms with Crippen molar-refractivity contribution in [1.82, 2.24) is 9.97 Å². The molecule has 0 aliphatic heterocycles. The second kappa shape index (κ2) is 9.84. The number of aliphatic hydroxyl groups is 2. The van der Waals surface area contributed by atoms with Gasteiger partial charge in [0.25, 0.3) is 0 Å². The summed E-state index contributed by atoms with van der Waals surface area (Å²) in [5.74, 6) is 0. The summed E-state index contributed by atoms with van der Waals surface area (Å²) in [5.41, 5.74) is 0.239. The Balaban J connectivity index is 0.00000264. The standard InChI is InChI=1S/C15H22N3O3S.Y/c1-16-8-13(22)12-4-7-17-14(18-12)21-11-2-5-15(9-19,10-20)6-3-11;/h4,7-8,11,19-20H,2-3,5-6,9-10H2,1H3,(H-,16,17,18,22);/q-1;/p-1. The summed E-state index contributed by atoms with van der Waals surface area (Å²) in [6.07, 6.45) is 6.15. The first-order valence-corrected chi connectivity index (χ1v) is 7.71. The van der Waals surface area contributed by atoms with E-state index in [4.69, 9.17) is 17.4 Å². The summed E-state index contributed by atoms with van der Waals surface area (Å²) in [5, 5.41) is 22.7. The Morgan fingerprint density at radius 1 is 1.43 bits per heavy atom. The smallest absolute Gasteiger partial charge is 0.317 e. The van der Waals surface area contributed by atoms with Crippen LogP contribution < -0.4 is 4.74 Å². The fourth-order valence-corrected chi connectivity index (χ4v) is 2.77. The van der Waals surface area contributed by atoms with Crippen LogP contribution in [0.4, 0.5) is 0 Å². The van der Waals surface area contributed by atoms with Gasteiger partial charge in [-0.2, -0.15) is 16.1 Å². The predicted octanol–water partition coefficient (Wildman–Crippen LogP) is 1.62. The maximum atomic E-state index is 9.41. The Morgan fingerprint density at radius 2 is 2.09 bits per heavy atom. The van der Waals surface area contributed by atoms with Crippen LogP contribution in [0.15, 0.2) is 18.5 Å². The van der Waals surface area contributed by atoms with Crippen molar-refractivity contribution in [2.75, 3.05) is 20.3 Å². The third kappa shape index (κ3) is 5.60. The van der Waals surface area contributed by atoms with Crippen LogP contribution in [-0.2, 0) is 45.3 Å². The third-order valence-corrected chi connectivity index (χ3v) is 4.38. The molecule has 0 spiro atoms. The van der Waals surface area contributed by atoms with E-state index in [1.54, 1.807) is 25.5 Å². The van der Waals surface area contributed by atoms with Crippen LogP contribution in [0.2, 0.25) is 0 Å². The Kier molecular flexibility index (Phi) is 8.86. The number of rotatable bonds is 6. The van der Waals surface area contributed by atoms with E-state index in [9.17, 15) is 10.2 Å². The molecule has 2 rings (SSSR count). The van der Waals surface area contributed by atoms with E-state index in [2.05, 4.69) is 15.3 Å². The molecule has 1 aromatic rings. The second-order valence-electron chi connectivity index (χ2n) is 5.61. The van der Waals surface area contributed by atoms with E-state index in [-0.39, 0.29) is 57.4 Å². The van der Waals surface area contributed by atoms with E-state index < -0.39 is 0 Å². The molecule has 0 atom stereocenters. The zero-order valence-corrected chi connectivity index (χ0v) is 16.8. The van der Waals surface area contributed by atoms with E-state index >= 15 is 0 Å². The minimum absolute atomic E-state index is 0. The van der Waals surface area contributed by atoms with Gasteiger partial charge in [0.2, 0.25) is 0 Å². The van der Waals surface area contributed by atoms with Crippen molar-refractivity contribution in [3.63, 3.8) is 0 Å². The first kappa shape index (κ1) is 20.7. The summed E-state index contributed by atoms with van der Waals surface area (Å²) in [6, 6.07) is 2.02. The topological polar surface area (TPSA) is 89.6 Å².